The Morgan fingerprint density at radius 3 is 2.67 bits per heavy atom. The minimum atomic E-state index is -0.240. The molecule has 0 saturated carbocycles. The van der Waals surface area contributed by atoms with Crippen molar-refractivity contribution in [1.29, 1.82) is 0 Å². The van der Waals surface area contributed by atoms with Crippen molar-refractivity contribution in [1.82, 2.24) is 14.6 Å². The fourth-order valence-electron chi connectivity index (χ4n) is 2.54. The number of fused-ring (bicyclic) bond motifs is 2. The van der Waals surface area contributed by atoms with Gasteiger partial charge in [0, 0.05) is 23.2 Å². The molecule has 2 N–H and O–H groups in total. The highest BCUT2D eigenvalue weighted by molar-refractivity contribution is 5.96. The maximum absolute atomic E-state index is 13.9. The molecule has 0 amide bonds. The van der Waals surface area contributed by atoms with Crippen molar-refractivity contribution in [2.75, 3.05) is 5.73 Å². The van der Waals surface area contributed by atoms with E-state index in [2.05, 4.69) is 10.1 Å². The van der Waals surface area contributed by atoms with Crippen LogP contribution in [-0.2, 0) is 0 Å². The molecular formula is C16H11FN4. The summed E-state index contributed by atoms with van der Waals surface area (Å²) >= 11 is 0. The van der Waals surface area contributed by atoms with E-state index in [-0.39, 0.29) is 5.82 Å². The predicted octanol–water partition coefficient (Wildman–Crippen LogP) is 3.27. The van der Waals surface area contributed by atoms with E-state index in [9.17, 15) is 4.39 Å². The summed E-state index contributed by atoms with van der Waals surface area (Å²) in [5, 5.41) is 5.86. The summed E-state index contributed by atoms with van der Waals surface area (Å²) in [5.74, 6) is 0.272. The summed E-state index contributed by atoms with van der Waals surface area (Å²) in [6.45, 7) is 0. The smallest absolute Gasteiger partial charge is 0.157 e. The number of halogens is 1. The number of nitrogens with two attached hydrogens (primary N) is 1. The van der Waals surface area contributed by atoms with E-state index >= 15 is 0 Å². The second-order valence-corrected chi connectivity index (χ2v) is 4.81. The molecule has 0 radical (unpaired) electrons. The molecule has 102 valence electrons. The van der Waals surface area contributed by atoms with Gasteiger partial charge in [0.25, 0.3) is 0 Å². The van der Waals surface area contributed by atoms with Gasteiger partial charge in [-0.15, -0.1) is 0 Å². The number of anilines is 1. The lowest BCUT2D eigenvalue weighted by Gasteiger charge is -2.04. The first-order valence-corrected chi connectivity index (χ1v) is 6.52. The quantitative estimate of drug-likeness (QED) is 0.581. The first-order valence-electron chi connectivity index (χ1n) is 6.52. The van der Waals surface area contributed by atoms with E-state index in [1.54, 1.807) is 28.9 Å². The Kier molecular flexibility index (Phi) is 2.41. The number of benzene rings is 2. The molecule has 0 aliphatic heterocycles. The van der Waals surface area contributed by atoms with Crippen LogP contribution in [0, 0.1) is 5.82 Å². The number of rotatable bonds is 1. The minimum absolute atomic E-state index is 0.240. The lowest BCUT2D eigenvalue weighted by Crippen LogP contribution is -1.98. The van der Waals surface area contributed by atoms with Crippen LogP contribution in [0.3, 0.4) is 0 Å². The number of hydrogen-bond acceptors (Lipinski definition) is 3. The van der Waals surface area contributed by atoms with Crippen LogP contribution in [0.4, 0.5) is 10.2 Å². The largest absolute Gasteiger partial charge is 0.384 e. The summed E-state index contributed by atoms with van der Waals surface area (Å²) in [4.78, 5) is 4.23. The van der Waals surface area contributed by atoms with Gasteiger partial charge in [-0.05, 0) is 17.5 Å². The molecule has 0 saturated heterocycles. The van der Waals surface area contributed by atoms with Gasteiger partial charge in [0.2, 0.25) is 0 Å². The van der Waals surface area contributed by atoms with Crippen molar-refractivity contribution < 1.29 is 4.39 Å². The fourth-order valence-corrected chi connectivity index (χ4v) is 2.54. The molecule has 4 nitrogen and oxygen atoms in total. The molecule has 0 aliphatic carbocycles. The molecule has 21 heavy (non-hydrogen) atoms. The van der Waals surface area contributed by atoms with Crippen LogP contribution in [0.1, 0.15) is 0 Å². The maximum Gasteiger partial charge on any atom is 0.157 e. The molecule has 0 fully saturated rings. The Balaban J connectivity index is 2.05. The Bertz CT molecular complexity index is 975. The fraction of sp³-hybridized carbons (Fsp3) is 0. The molecular weight excluding hydrogens is 267 g/mol. The molecule has 0 aliphatic rings. The summed E-state index contributed by atoms with van der Waals surface area (Å²) in [7, 11) is 0. The van der Waals surface area contributed by atoms with Crippen LogP contribution in [-0.4, -0.2) is 14.6 Å². The second-order valence-electron chi connectivity index (χ2n) is 4.81. The molecule has 2 aromatic heterocycles. The number of nitrogens with zero attached hydrogens (tertiary/aromatic N) is 3. The molecule has 4 aromatic rings. The Hall–Kier alpha value is -2.95. The highest BCUT2D eigenvalue weighted by Crippen LogP contribution is 2.29. The van der Waals surface area contributed by atoms with E-state index in [1.807, 2.05) is 24.3 Å². The topological polar surface area (TPSA) is 56.2 Å². The van der Waals surface area contributed by atoms with Gasteiger partial charge in [-0.3, -0.25) is 0 Å². The van der Waals surface area contributed by atoms with E-state index in [1.165, 1.54) is 6.07 Å². The van der Waals surface area contributed by atoms with Gasteiger partial charge in [-0.25, -0.2) is 9.37 Å². The molecule has 0 unspecified atom stereocenters. The van der Waals surface area contributed by atoms with Gasteiger partial charge in [0.1, 0.15) is 11.6 Å². The Labute approximate surface area is 119 Å². The van der Waals surface area contributed by atoms with Crippen molar-refractivity contribution in [2.45, 2.75) is 0 Å². The maximum atomic E-state index is 13.9. The van der Waals surface area contributed by atoms with E-state index in [0.29, 0.717) is 16.9 Å². The molecule has 5 heteroatoms. The van der Waals surface area contributed by atoms with Crippen LogP contribution in [0.25, 0.3) is 27.7 Å². The van der Waals surface area contributed by atoms with Crippen LogP contribution >= 0.6 is 0 Å². The third kappa shape index (κ3) is 1.74. The lowest BCUT2D eigenvalue weighted by molar-refractivity contribution is 0.640. The van der Waals surface area contributed by atoms with Crippen molar-refractivity contribution in [2.24, 2.45) is 0 Å². The average molecular weight is 278 g/mol. The lowest BCUT2D eigenvalue weighted by atomic mass is 10.0. The van der Waals surface area contributed by atoms with Crippen LogP contribution < -0.4 is 5.73 Å². The summed E-state index contributed by atoms with van der Waals surface area (Å²) in [5.41, 5.74) is 8.13. The zero-order chi connectivity index (χ0) is 14.4. The van der Waals surface area contributed by atoms with Gasteiger partial charge < -0.3 is 5.73 Å². The van der Waals surface area contributed by atoms with Crippen molar-refractivity contribution in [3.63, 3.8) is 0 Å². The highest BCUT2D eigenvalue weighted by atomic mass is 19.1. The number of hydrogen-bond donors (Lipinski definition) is 1. The van der Waals surface area contributed by atoms with Crippen LogP contribution in [0.5, 0.6) is 0 Å². The Morgan fingerprint density at radius 1 is 1.00 bits per heavy atom. The molecule has 0 atom stereocenters. The van der Waals surface area contributed by atoms with Gasteiger partial charge in [0.05, 0.1) is 5.69 Å². The van der Waals surface area contributed by atoms with Crippen molar-refractivity contribution in [3.8, 4) is 11.3 Å². The van der Waals surface area contributed by atoms with Crippen molar-refractivity contribution >= 4 is 22.2 Å². The number of nitrogen functional groups attached to an aromatic ring is 1. The predicted molar refractivity (Wildman–Crippen MR) is 80.3 cm³/mol. The third-order valence-corrected chi connectivity index (χ3v) is 3.53. The first kappa shape index (κ1) is 11.8. The summed E-state index contributed by atoms with van der Waals surface area (Å²) in [6, 6.07) is 14.1. The third-order valence-electron chi connectivity index (χ3n) is 3.53. The summed E-state index contributed by atoms with van der Waals surface area (Å²) in [6.07, 6.45) is 1.64. The first-order chi connectivity index (χ1) is 10.2. The van der Waals surface area contributed by atoms with E-state index in [0.717, 1.165) is 16.6 Å². The average Bonchev–Trinajstić information content (AvgIpc) is 2.93. The molecule has 2 heterocycles. The van der Waals surface area contributed by atoms with E-state index in [4.69, 9.17) is 5.73 Å². The summed E-state index contributed by atoms with van der Waals surface area (Å²) < 4.78 is 15.5. The molecule has 4 rings (SSSR count). The minimum Gasteiger partial charge on any atom is -0.384 e. The molecule has 0 spiro atoms. The van der Waals surface area contributed by atoms with Crippen LogP contribution in [0.2, 0.25) is 0 Å². The monoisotopic (exact) mass is 278 g/mol. The SMILES string of the molecule is Nc1ccnc2cc(-c3cccc4c(F)cccc34)nn12. The zero-order valence-electron chi connectivity index (χ0n) is 11.0. The number of aromatic nitrogens is 3. The van der Waals surface area contributed by atoms with Crippen molar-refractivity contribution in [3.05, 3.63) is 60.5 Å². The highest BCUT2D eigenvalue weighted by Gasteiger charge is 2.11. The molecule has 0 bridgehead atoms. The normalized spacial score (nSPS) is 11.3. The van der Waals surface area contributed by atoms with Gasteiger partial charge in [-0.1, -0.05) is 30.3 Å². The second kappa shape index (κ2) is 4.28. The Morgan fingerprint density at radius 2 is 1.81 bits per heavy atom. The van der Waals surface area contributed by atoms with Crippen LogP contribution in [0.15, 0.2) is 54.7 Å². The van der Waals surface area contributed by atoms with Gasteiger partial charge in [-0.2, -0.15) is 9.61 Å². The van der Waals surface area contributed by atoms with Gasteiger partial charge in [0.15, 0.2) is 5.65 Å². The van der Waals surface area contributed by atoms with E-state index < -0.39 is 0 Å². The molecule has 2 aromatic carbocycles. The standard InChI is InChI=1S/C16H11FN4/c17-13-6-2-3-10-11(13)4-1-5-12(10)14-9-16-19-8-7-15(18)21(16)20-14/h1-9H,18H2. The zero-order valence-corrected chi connectivity index (χ0v) is 11.0. The van der Waals surface area contributed by atoms with Gasteiger partial charge >= 0.3 is 0 Å².